The SMILES string of the molecule is COc1cc(N2CCN(C(C=O)n3nc(C(F)(F)F)c(Cl)c3C)CC2)c(CCNC(C)C)cc1Cl. The third-order valence-corrected chi connectivity index (χ3v) is 6.79. The van der Waals surface area contributed by atoms with Crippen LogP contribution in [0.5, 0.6) is 5.75 Å². The monoisotopic (exact) mass is 535 g/mol. The molecule has 2 heterocycles. The van der Waals surface area contributed by atoms with Gasteiger partial charge < -0.3 is 15.0 Å². The molecule has 12 heteroatoms. The van der Waals surface area contributed by atoms with Crippen LogP contribution in [-0.2, 0) is 17.4 Å². The van der Waals surface area contributed by atoms with E-state index in [0.717, 1.165) is 28.9 Å². The minimum atomic E-state index is -4.70. The van der Waals surface area contributed by atoms with E-state index >= 15 is 0 Å². The summed E-state index contributed by atoms with van der Waals surface area (Å²) in [5.41, 5.74) is 0.960. The van der Waals surface area contributed by atoms with Gasteiger partial charge in [-0.2, -0.15) is 18.3 Å². The van der Waals surface area contributed by atoms with E-state index in [9.17, 15) is 18.0 Å². The molecule has 7 nitrogen and oxygen atoms in total. The average Bonchev–Trinajstić information content (AvgIpc) is 3.10. The number of carbonyl (C=O) groups is 1. The highest BCUT2D eigenvalue weighted by atomic mass is 35.5. The Kier molecular flexibility index (Phi) is 8.96. The molecule has 1 unspecified atom stereocenters. The molecule has 0 bridgehead atoms. The van der Waals surface area contributed by atoms with Crippen molar-refractivity contribution in [2.24, 2.45) is 0 Å². The van der Waals surface area contributed by atoms with Crippen molar-refractivity contribution in [2.45, 2.75) is 45.6 Å². The van der Waals surface area contributed by atoms with E-state index in [4.69, 9.17) is 27.9 Å². The molecule has 1 aromatic heterocycles. The molecule has 1 aliphatic rings. The molecular formula is C23H30Cl2F3N5O2. The van der Waals surface area contributed by atoms with E-state index in [0.29, 0.717) is 49.3 Å². The molecule has 1 saturated heterocycles. The van der Waals surface area contributed by atoms with Gasteiger partial charge in [0.15, 0.2) is 18.1 Å². The Bertz CT molecular complexity index is 1040. The van der Waals surface area contributed by atoms with Crippen LogP contribution in [0.3, 0.4) is 0 Å². The number of hydrogen-bond donors (Lipinski definition) is 1. The number of carbonyl (C=O) groups excluding carboxylic acids is 1. The lowest BCUT2D eigenvalue weighted by Gasteiger charge is -2.39. The number of benzene rings is 1. The number of nitrogens with zero attached hydrogens (tertiary/aromatic N) is 4. The number of piperazine rings is 1. The topological polar surface area (TPSA) is 62.6 Å². The largest absolute Gasteiger partial charge is 0.495 e. The second kappa shape index (κ2) is 11.4. The van der Waals surface area contributed by atoms with Gasteiger partial charge in [-0.15, -0.1) is 0 Å². The second-order valence-electron chi connectivity index (χ2n) is 8.74. The van der Waals surface area contributed by atoms with Crippen molar-refractivity contribution in [3.8, 4) is 5.75 Å². The maximum Gasteiger partial charge on any atom is 0.436 e. The molecule has 0 amide bonds. The van der Waals surface area contributed by atoms with E-state index < -0.39 is 23.1 Å². The van der Waals surface area contributed by atoms with Crippen molar-refractivity contribution in [2.75, 3.05) is 44.7 Å². The first-order chi connectivity index (χ1) is 16.5. The lowest BCUT2D eigenvalue weighted by atomic mass is 10.1. The van der Waals surface area contributed by atoms with Gasteiger partial charge in [-0.25, -0.2) is 4.68 Å². The predicted molar refractivity (Wildman–Crippen MR) is 131 cm³/mol. The van der Waals surface area contributed by atoms with Crippen molar-refractivity contribution in [1.82, 2.24) is 20.0 Å². The van der Waals surface area contributed by atoms with Gasteiger partial charge in [0.25, 0.3) is 0 Å². The molecule has 0 radical (unpaired) electrons. The number of aromatic nitrogens is 2. The van der Waals surface area contributed by atoms with Crippen molar-refractivity contribution in [1.29, 1.82) is 0 Å². The van der Waals surface area contributed by atoms with Crippen LogP contribution in [0, 0.1) is 6.92 Å². The second-order valence-corrected chi connectivity index (χ2v) is 9.52. The van der Waals surface area contributed by atoms with Crippen molar-refractivity contribution in [3.63, 3.8) is 0 Å². The van der Waals surface area contributed by atoms with Crippen LogP contribution in [0.15, 0.2) is 12.1 Å². The lowest BCUT2D eigenvalue weighted by molar-refractivity contribution is -0.142. The maximum atomic E-state index is 13.3. The first-order valence-electron chi connectivity index (χ1n) is 11.3. The van der Waals surface area contributed by atoms with Crippen molar-refractivity contribution >= 4 is 35.2 Å². The zero-order valence-electron chi connectivity index (χ0n) is 20.1. The van der Waals surface area contributed by atoms with Crippen LogP contribution < -0.4 is 15.0 Å². The van der Waals surface area contributed by atoms with Gasteiger partial charge in [-0.3, -0.25) is 9.69 Å². The zero-order valence-corrected chi connectivity index (χ0v) is 21.6. The summed E-state index contributed by atoms with van der Waals surface area (Å²) in [5.74, 6) is 0.567. The Morgan fingerprint density at radius 1 is 1.20 bits per heavy atom. The fourth-order valence-electron chi connectivity index (χ4n) is 4.19. The molecule has 194 valence electrons. The molecule has 3 rings (SSSR count). The standard InChI is InChI=1S/C23H30Cl2F3N5O2/c1-14(2)29-6-5-16-11-17(24)19(35-4)12-18(16)31-7-9-32(10-8-31)20(13-34)33-15(3)21(25)22(30-33)23(26,27)28/h11-14,20,29H,5-10H2,1-4H3. The highest BCUT2D eigenvalue weighted by molar-refractivity contribution is 6.32. The smallest absolute Gasteiger partial charge is 0.436 e. The fourth-order valence-corrected chi connectivity index (χ4v) is 4.69. The molecule has 0 aliphatic carbocycles. The lowest BCUT2D eigenvalue weighted by Crippen LogP contribution is -2.50. The van der Waals surface area contributed by atoms with Gasteiger partial charge in [0.05, 0.1) is 22.8 Å². The number of ether oxygens (including phenoxy) is 1. The normalized spacial score (nSPS) is 16.1. The summed E-state index contributed by atoms with van der Waals surface area (Å²) in [6.07, 6.45) is -4.33. The predicted octanol–water partition coefficient (Wildman–Crippen LogP) is 4.59. The molecule has 1 aliphatic heterocycles. The van der Waals surface area contributed by atoms with E-state index in [2.05, 4.69) is 29.2 Å². The average molecular weight is 536 g/mol. The molecular weight excluding hydrogens is 506 g/mol. The van der Waals surface area contributed by atoms with Crippen LogP contribution in [-0.4, -0.2) is 66.8 Å². The summed E-state index contributed by atoms with van der Waals surface area (Å²) in [5, 5.41) is 7.08. The maximum absolute atomic E-state index is 13.3. The van der Waals surface area contributed by atoms with Gasteiger partial charge in [0.2, 0.25) is 0 Å². The van der Waals surface area contributed by atoms with Crippen molar-refractivity contribution in [3.05, 3.63) is 39.1 Å². The number of aldehydes is 1. The number of nitrogens with one attached hydrogen (secondary N) is 1. The Morgan fingerprint density at radius 2 is 1.86 bits per heavy atom. The number of alkyl halides is 3. The molecule has 1 fully saturated rings. The number of rotatable bonds is 9. The third kappa shape index (κ3) is 6.22. The highest BCUT2D eigenvalue weighted by Gasteiger charge is 2.40. The summed E-state index contributed by atoms with van der Waals surface area (Å²) < 4.78 is 46.2. The molecule has 1 N–H and O–H groups in total. The number of halogens is 5. The quantitative estimate of drug-likeness (QED) is 0.474. The molecule has 1 atom stereocenters. The van der Waals surface area contributed by atoms with Gasteiger partial charge in [-0.05, 0) is 31.5 Å². The Hall–Kier alpha value is -2.01. The van der Waals surface area contributed by atoms with Gasteiger partial charge in [0, 0.05) is 44.0 Å². The van der Waals surface area contributed by atoms with Crippen LogP contribution in [0.25, 0.3) is 0 Å². The highest BCUT2D eigenvalue weighted by Crippen LogP contribution is 2.37. The molecule has 0 spiro atoms. The van der Waals surface area contributed by atoms with Crippen LogP contribution in [0.4, 0.5) is 18.9 Å². The van der Waals surface area contributed by atoms with Gasteiger partial charge in [-0.1, -0.05) is 37.0 Å². The van der Waals surface area contributed by atoms with Crippen LogP contribution in [0.1, 0.15) is 37.0 Å². The first-order valence-corrected chi connectivity index (χ1v) is 12.1. The summed E-state index contributed by atoms with van der Waals surface area (Å²) in [6.45, 7) is 8.36. The van der Waals surface area contributed by atoms with E-state index in [1.807, 2.05) is 12.1 Å². The number of methoxy groups -OCH3 is 1. The summed E-state index contributed by atoms with van der Waals surface area (Å²) in [4.78, 5) is 15.9. The molecule has 35 heavy (non-hydrogen) atoms. The van der Waals surface area contributed by atoms with Gasteiger partial charge in [0.1, 0.15) is 5.75 Å². The van der Waals surface area contributed by atoms with Crippen LogP contribution in [0.2, 0.25) is 10.0 Å². The minimum Gasteiger partial charge on any atom is -0.495 e. The molecule has 0 saturated carbocycles. The Morgan fingerprint density at radius 3 is 2.37 bits per heavy atom. The van der Waals surface area contributed by atoms with E-state index in [1.54, 1.807) is 12.0 Å². The number of hydrogen-bond acceptors (Lipinski definition) is 6. The number of anilines is 1. The Labute approximate surface area is 213 Å². The summed E-state index contributed by atoms with van der Waals surface area (Å²) in [6, 6.07) is 4.17. The molecule has 1 aromatic carbocycles. The molecule has 2 aromatic rings. The van der Waals surface area contributed by atoms with Gasteiger partial charge >= 0.3 is 6.18 Å². The van der Waals surface area contributed by atoms with Crippen molar-refractivity contribution < 1.29 is 22.7 Å². The fraction of sp³-hybridized carbons (Fsp3) is 0.565. The van der Waals surface area contributed by atoms with E-state index in [-0.39, 0.29) is 5.69 Å². The third-order valence-electron chi connectivity index (χ3n) is 6.05. The first kappa shape index (κ1) is 27.6. The summed E-state index contributed by atoms with van der Waals surface area (Å²) in [7, 11) is 1.56. The van der Waals surface area contributed by atoms with Crippen LogP contribution >= 0.6 is 23.2 Å². The summed E-state index contributed by atoms with van der Waals surface area (Å²) >= 11 is 12.3. The van der Waals surface area contributed by atoms with E-state index in [1.165, 1.54) is 6.92 Å². The minimum absolute atomic E-state index is 0.0981. The zero-order chi connectivity index (χ0) is 25.9. The Balaban J connectivity index is 1.80.